The lowest BCUT2D eigenvalue weighted by Crippen LogP contribution is -2.08. The zero-order chi connectivity index (χ0) is 13.0. The van der Waals surface area contributed by atoms with Crippen LogP contribution in [0.3, 0.4) is 0 Å². The van der Waals surface area contributed by atoms with Gasteiger partial charge in [0.25, 0.3) is 0 Å². The van der Waals surface area contributed by atoms with Gasteiger partial charge in [-0.25, -0.2) is 0 Å². The van der Waals surface area contributed by atoms with Crippen molar-refractivity contribution in [3.63, 3.8) is 0 Å². The van der Waals surface area contributed by atoms with Gasteiger partial charge in [0.05, 0.1) is 0 Å². The molecule has 0 saturated heterocycles. The van der Waals surface area contributed by atoms with Crippen LogP contribution in [0.2, 0.25) is 0 Å². The summed E-state index contributed by atoms with van der Waals surface area (Å²) in [6.45, 7) is 4.17. The number of benzene rings is 2. The van der Waals surface area contributed by atoms with Gasteiger partial charge in [0, 0.05) is 12.0 Å². The number of ketones is 1. The average Bonchev–Trinajstić information content (AvgIpc) is 2.39. The van der Waals surface area contributed by atoms with E-state index in [9.17, 15) is 4.79 Å². The van der Waals surface area contributed by atoms with Crippen LogP contribution in [-0.2, 0) is 12.8 Å². The van der Waals surface area contributed by atoms with E-state index in [2.05, 4.69) is 19.9 Å². The summed E-state index contributed by atoms with van der Waals surface area (Å²) in [5, 5.41) is 0. The van der Waals surface area contributed by atoms with Crippen molar-refractivity contribution >= 4 is 5.78 Å². The molecule has 18 heavy (non-hydrogen) atoms. The highest BCUT2D eigenvalue weighted by Crippen LogP contribution is 2.17. The molecule has 2 aromatic rings. The third-order valence-electron chi connectivity index (χ3n) is 3.27. The summed E-state index contributed by atoms with van der Waals surface area (Å²) < 4.78 is 0. The van der Waals surface area contributed by atoms with Crippen molar-refractivity contribution in [2.24, 2.45) is 0 Å². The molecule has 1 heteroatoms. The fourth-order valence-electron chi connectivity index (χ4n) is 2.31. The van der Waals surface area contributed by atoms with E-state index >= 15 is 0 Å². The van der Waals surface area contributed by atoms with Crippen LogP contribution in [0, 0.1) is 6.92 Å². The van der Waals surface area contributed by atoms with Crippen LogP contribution in [0.4, 0.5) is 0 Å². The van der Waals surface area contributed by atoms with Crippen LogP contribution in [0.15, 0.2) is 48.5 Å². The molecule has 0 aromatic heterocycles. The number of aryl methyl sites for hydroxylation is 1. The van der Waals surface area contributed by atoms with Gasteiger partial charge in [-0.1, -0.05) is 55.5 Å². The zero-order valence-electron chi connectivity index (χ0n) is 10.9. The molecule has 0 aliphatic carbocycles. The van der Waals surface area contributed by atoms with Crippen molar-refractivity contribution in [3.05, 3.63) is 70.8 Å². The summed E-state index contributed by atoms with van der Waals surface area (Å²) in [6, 6.07) is 15.9. The average molecular weight is 238 g/mol. The third-order valence-corrected chi connectivity index (χ3v) is 3.27. The quantitative estimate of drug-likeness (QED) is 0.736. The monoisotopic (exact) mass is 238 g/mol. The van der Waals surface area contributed by atoms with Crippen molar-refractivity contribution in [2.45, 2.75) is 26.7 Å². The largest absolute Gasteiger partial charge is 0.294 e. The highest BCUT2D eigenvalue weighted by Gasteiger charge is 2.12. The molecular weight excluding hydrogens is 220 g/mol. The third kappa shape index (κ3) is 2.67. The van der Waals surface area contributed by atoms with Gasteiger partial charge < -0.3 is 0 Å². The fraction of sp³-hybridized carbons (Fsp3) is 0.235. The normalized spacial score (nSPS) is 10.3. The molecule has 0 amide bonds. The van der Waals surface area contributed by atoms with E-state index < -0.39 is 0 Å². The van der Waals surface area contributed by atoms with E-state index in [-0.39, 0.29) is 5.78 Å². The minimum atomic E-state index is 0.210. The molecule has 0 spiro atoms. The first-order chi connectivity index (χ1) is 8.72. The maximum atomic E-state index is 12.3. The molecule has 0 radical (unpaired) electrons. The summed E-state index contributed by atoms with van der Waals surface area (Å²) >= 11 is 0. The zero-order valence-corrected chi connectivity index (χ0v) is 10.9. The Morgan fingerprint density at radius 2 is 1.72 bits per heavy atom. The van der Waals surface area contributed by atoms with Gasteiger partial charge in [0.15, 0.2) is 5.78 Å². The Labute approximate surface area is 108 Å². The first-order valence-electron chi connectivity index (χ1n) is 6.38. The van der Waals surface area contributed by atoms with E-state index in [0.717, 1.165) is 17.5 Å². The summed E-state index contributed by atoms with van der Waals surface area (Å²) in [5.74, 6) is 0.210. The van der Waals surface area contributed by atoms with Gasteiger partial charge in [-0.15, -0.1) is 0 Å². The number of rotatable bonds is 4. The Morgan fingerprint density at radius 3 is 2.39 bits per heavy atom. The molecule has 0 saturated carbocycles. The fourth-order valence-corrected chi connectivity index (χ4v) is 2.31. The Kier molecular flexibility index (Phi) is 3.93. The summed E-state index contributed by atoms with van der Waals surface area (Å²) in [7, 11) is 0. The smallest absolute Gasteiger partial charge is 0.167 e. The first kappa shape index (κ1) is 12.6. The molecule has 0 unspecified atom stereocenters. The minimum absolute atomic E-state index is 0.210. The number of carbonyl (C=O) groups excluding carboxylic acids is 1. The Hall–Kier alpha value is -1.89. The maximum absolute atomic E-state index is 12.3. The lowest BCUT2D eigenvalue weighted by atomic mass is 9.94. The predicted molar refractivity (Wildman–Crippen MR) is 75.0 cm³/mol. The lowest BCUT2D eigenvalue weighted by molar-refractivity contribution is 0.0992. The van der Waals surface area contributed by atoms with E-state index in [1.165, 1.54) is 11.1 Å². The van der Waals surface area contributed by atoms with Crippen LogP contribution in [0.25, 0.3) is 0 Å². The van der Waals surface area contributed by atoms with E-state index in [0.29, 0.717) is 6.42 Å². The summed E-state index contributed by atoms with van der Waals surface area (Å²) in [6.07, 6.45) is 1.39. The minimum Gasteiger partial charge on any atom is -0.294 e. The van der Waals surface area contributed by atoms with E-state index in [4.69, 9.17) is 0 Å². The maximum Gasteiger partial charge on any atom is 0.167 e. The second-order valence-electron chi connectivity index (χ2n) is 4.54. The number of Topliss-reactive ketones (excluding diaryl/α,β-unsaturated/α-hetero) is 1. The molecule has 1 nitrogen and oxygen atoms in total. The van der Waals surface area contributed by atoms with Gasteiger partial charge >= 0.3 is 0 Å². The van der Waals surface area contributed by atoms with Crippen LogP contribution < -0.4 is 0 Å². The lowest BCUT2D eigenvalue weighted by Gasteiger charge is -2.10. The molecule has 0 aliphatic rings. The van der Waals surface area contributed by atoms with Crippen molar-refractivity contribution in [3.8, 4) is 0 Å². The number of hydrogen-bond acceptors (Lipinski definition) is 1. The molecule has 0 bridgehead atoms. The van der Waals surface area contributed by atoms with Crippen LogP contribution in [0.1, 0.15) is 34.0 Å². The van der Waals surface area contributed by atoms with E-state index in [1.807, 2.05) is 42.5 Å². The van der Waals surface area contributed by atoms with Crippen molar-refractivity contribution in [1.82, 2.24) is 0 Å². The second-order valence-corrected chi connectivity index (χ2v) is 4.54. The van der Waals surface area contributed by atoms with Crippen molar-refractivity contribution in [2.75, 3.05) is 0 Å². The van der Waals surface area contributed by atoms with Crippen molar-refractivity contribution < 1.29 is 4.79 Å². The summed E-state index contributed by atoms with van der Waals surface area (Å²) in [4.78, 5) is 12.3. The Bertz CT molecular complexity index is 541. The molecular formula is C17H18O. The molecule has 0 N–H and O–H groups in total. The van der Waals surface area contributed by atoms with Crippen molar-refractivity contribution in [1.29, 1.82) is 0 Å². The molecule has 0 aliphatic heterocycles. The molecule has 2 aromatic carbocycles. The first-order valence-corrected chi connectivity index (χ1v) is 6.38. The predicted octanol–water partition coefficient (Wildman–Crippen LogP) is 3.98. The second kappa shape index (κ2) is 5.63. The highest BCUT2D eigenvalue weighted by molar-refractivity contribution is 5.99. The summed E-state index contributed by atoms with van der Waals surface area (Å²) in [5.41, 5.74) is 4.34. The van der Waals surface area contributed by atoms with Gasteiger partial charge in [0.2, 0.25) is 0 Å². The number of carbonyl (C=O) groups is 1. The Morgan fingerprint density at radius 1 is 1.00 bits per heavy atom. The molecule has 0 heterocycles. The SMILES string of the molecule is CCc1c(C)cccc1C(=O)Cc1ccccc1. The topological polar surface area (TPSA) is 17.1 Å². The molecule has 2 rings (SSSR count). The highest BCUT2D eigenvalue weighted by atomic mass is 16.1. The van der Waals surface area contributed by atoms with Crippen LogP contribution in [0.5, 0.6) is 0 Å². The molecule has 0 atom stereocenters. The van der Waals surface area contributed by atoms with Gasteiger partial charge in [-0.3, -0.25) is 4.79 Å². The van der Waals surface area contributed by atoms with Gasteiger partial charge in [-0.2, -0.15) is 0 Å². The standard InChI is InChI=1S/C17H18O/c1-3-15-13(2)8-7-11-16(15)17(18)12-14-9-5-4-6-10-14/h4-11H,3,12H2,1-2H3. The van der Waals surface area contributed by atoms with E-state index in [1.54, 1.807) is 0 Å². The molecule has 0 fully saturated rings. The van der Waals surface area contributed by atoms with Crippen LogP contribution >= 0.6 is 0 Å². The molecule has 92 valence electrons. The van der Waals surface area contributed by atoms with Gasteiger partial charge in [-0.05, 0) is 30.0 Å². The van der Waals surface area contributed by atoms with Crippen LogP contribution in [-0.4, -0.2) is 5.78 Å². The Balaban J connectivity index is 2.27. The number of hydrogen-bond donors (Lipinski definition) is 0. The van der Waals surface area contributed by atoms with Gasteiger partial charge in [0.1, 0.15) is 0 Å².